The molecule has 4 nitrogen and oxygen atoms in total. The van der Waals surface area contributed by atoms with Crippen molar-refractivity contribution in [1.82, 2.24) is 0 Å². The van der Waals surface area contributed by atoms with Crippen LogP contribution >= 0.6 is 0 Å². The Labute approximate surface area is 119 Å². The highest BCUT2D eigenvalue weighted by Crippen LogP contribution is 2.32. The predicted octanol–water partition coefficient (Wildman–Crippen LogP) is 2.98. The van der Waals surface area contributed by atoms with Gasteiger partial charge in [0.15, 0.2) is 0 Å². The fraction of sp³-hybridized carbons (Fsp3) is 0.500. The molecular formula is C16H20N2O2. The van der Waals surface area contributed by atoms with Crippen LogP contribution in [-0.4, -0.2) is 24.3 Å². The number of hydrogen-bond acceptors (Lipinski definition) is 3. The molecule has 1 amide bonds. The number of ketones is 1. The highest BCUT2D eigenvalue weighted by molar-refractivity contribution is 6.51. The molecule has 2 heterocycles. The molecule has 2 aliphatic heterocycles. The summed E-state index contributed by atoms with van der Waals surface area (Å²) in [5, 5.41) is 2.66. The van der Waals surface area contributed by atoms with Gasteiger partial charge in [0.2, 0.25) is 0 Å². The molecule has 1 atom stereocenters. The Bertz CT molecular complexity index is 551. The molecule has 1 unspecified atom stereocenters. The van der Waals surface area contributed by atoms with E-state index in [1.165, 1.54) is 32.1 Å². The van der Waals surface area contributed by atoms with Gasteiger partial charge in [0.05, 0.1) is 11.3 Å². The maximum atomic E-state index is 11.6. The van der Waals surface area contributed by atoms with E-state index < -0.39 is 11.7 Å². The molecule has 1 fully saturated rings. The lowest BCUT2D eigenvalue weighted by atomic mass is 9.97. The number of Topliss-reactive ketones (excluding diaryl/α,β-unsaturated/α-hetero) is 1. The second-order valence-electron chi connectivity index (χ2n) is 5.64. The summed E-state index contributed by atoms with van der Waals surface area (Å²) in [6.07, 6.45) is 6.11. The van der Waals surface area contributed by atoms with Gasteiger partial charge in [-0.3, -0.25) is 9.59 Å². The Kier molecular flexibility index (Phi) is 3.47. The number of hydrogen-bond donors (Lipinski definition) is 1. The van der Waals surface area contributed by atoms with Crippen LogP contribution in [0.25, 0.3) is 0 Å². The van der Waals surface area contributed by atoms with E-state index in [0.717, 1.165) is 12.2 Å². The highest BCUT2D eigenvalue weighted by atomic mass is 16.2. The van der Waals surface area contributed by atoms with Crippen LogP contribution < -0.4 is 10.2 Å². The van der Waals surface area contributed by atoms with Crippen molar-refractivity contribution >= 4 is 23.1 Å². The normalized spacial score (nSPS) is 21.9. The number of carbonyl (C=O) groups is 2. The molecule has 0 saturated carbocycles. The van der Waals surface area contributed by atoms with Crippen molar-refractivity contribution < 1.29 is 9.59 Å². The van der Waals surface area contributed by atoms with Crippen LogP contribution in [0.1, 0.15) is 49.4 Å². The highest BCUT2D eigenvalue weighted by Gasteiger charge is 2.29. The molecule has 106 valence electrons. The summed E-state index contributed by atoms with van der Waals surface area (Å²) in [6, 6.07) is 6.29. The standard InChI is InChI=1S/C16H20N2O2/c1-2-5-11-6-3-4-9-18(11)12-7-8-13-14(10-12)17-16(20)15(13)19/h7-8,10-11H,2-6,9H2,1H3,(H,17,19,20). The second kappa shape index (κ2) is 5.27. The average Bonchev–Trinajstić information content (AvgIpc) is 2.74. The number of nitrogens with zero attached hydrogens (tertiary/aromatic N) is 1. The Hall–Kier alpha value is -1.84. The maximum absolute atomic E-state index is 11.6. The Morgan fingerprint density at radius 2 is 2.15 bits per heavy atom. The fourth-order valence-corrected chi connectivity index (χ4v) is 3.29. The van der Waals surface area contributed by atoms with Gasteiger partial charge in [-0.25, -0.2) is 0 Å². The third-order valence-corrected chi connectivity index (χ3v) is 4.28. The molecule has 0 aliphatic carbocycles. The van der Waals surface area contributed by atoms with Crippen LogP contribution in [0.15, 0.2) is 18.2 Å². The Morgan fingerprint density at radius 3 is 2.95 bits per heavy atom. The lowest BCUT2D eigenvalue weighted by Crippen LogP contribution is -2.39. The average molecular weight is 272 g/mol. The van der Waals surface area contributed by atoms with Gasteiger partial charge in [-0.2, -0.15) is 0 Å². The molecular weight excluding hydrogens is 252 g/mol. The third kappa shape index (κ3) is 2.19. The number of rotatable bonds is 3. The topological polar surface area (TPSA) is 49.4 Å². The molecule has 0 radical (unpaired) electrons. The van der Waals surface area contributed by atoms with Crippen LogP contribution in [-0.2, 0) is 4.79 Å². The second-order valence-corrected chi connectivity index (χ2v) is 5.64. The minimum atomic E-state index is -0.513. The smallest absolute Gasteiger partial charge is 0.296 e. The Morgan fingerprint density at radius 1 is 1.30 bits per heavy atom. The molecule has 1 N–H and O–H groups in total. The number of amides is 1. The Balaban J connectivity index is 1.89. The van der Waals surface area contributed by atoms with E-state index in [2.05, 4.69) is 17.1 Å². The maximum Gasteiger partial charge on any atom is 0.296 e. The number of fused-ring (bicyclic) bond motifs is 1. The van der Waals surface area contributed by atoms with Crippen molar-refractivity contribution in [3.8, 4) is 0 Å². The van der Waals surface area contributed by atoms with Gasteiger partial charge in [-0.15, -0.1) is 0 Å². The zero-order valence-corrected chi connectivity index (χ0v) is 11.8. The van der Waals surface area contributed by atoms with E-state index in [1.54, 1.807) is 6.07 Å². The SMILES string of the molecule is CCCC1CCCCN1c1ccc2c(c1)NC(=O)C2=O. The van der Waals surface area contributed by atoms with E-state index in [4.69, 9.17) is 0 Å². The number of nitrogens with one attached hydrogen (secondary N) is 1. The summed E-state index contributed by atoms with van der Waals surface area (Å²) in [5.41, 5.74) is 2.29. The quantitative estimate of drug-likeness (QED) is 0.861. The van der Waals surface area contributed by atoms with Crippen LogP contribution in [0, 0.1) is 0 Å². The van der Waals surface area contributed by atoms with Crippen LogP contribution in [0.5, 0.6) is 0 Å². The first kappa shape index (κ1) is 13.2. The lowest BCUT2D eigenvalue weighted by Gasteiger charge is -2.37. The molecule has 1 saturated heterocycles. The van der Waals surface area contributed by atoms with E-state index >= 15 is 0 Å². The van der Waals surface area contributed by atoms with E-state index in [1.807, 2.05) is 12.1 Å². The van der Waals surface area contributed by atoms with E-state index in [0.29, 0.717) is 17.3 Å². The minimum Gasteiger partial charge on any atom is -0.368 e. The molecule has 3 rings (SSSR count). The van der Waals surface area contributed by atoms with Crippen molar-refractivity contribution in [2.24, 2.45) is 0 Å². The zero-order chi connectivity index (χ0) is 14.1. The summed E-state index contributed by atoms with van der Waals surface area (Å²) in [6.45, 7) is 3.28. The molecule has 20 heavy (non-hydrogen) atoms. The van der Waals surface area contributed by atoms with Gasteiger partial charge >= 0.3 is 0 Å². The number of carbonyl (C=O) groups excluding carboxylic acids is 2. The van der Waals surface area contributed by atoms with Crippen molar-refractivity contribution in [3.05, 3.63) is 23.8 Å². The molecule has 1 aromatic rings. The largest absolute Gasteiger partial charge is 0.368 e. The molecule has 2 aliphatic rings. The van der Waals surface area contributed by atoms with Gasteiger partial charge in [0.25, 0.3) is 11.7 Å². The first-order valence-corrected chi connectivity index (χ1v) is 7.47. The minimum absolute atomic E-state index is 0.421. The van der Waals surface area contributed by atoms with Crippen molar-refractivity contribution in [2.45, 2.75) is 45.1 Å². The summed E-state index contributed by atoms with van der Waals surface area (Å²) >= 11 is 0. The van der Waals surface area contributed by atoms with Crippen LogP contribution in [0.4, 0.5) is 11.4 Å². The van der Waals surface area contributed by atoms with Crippen LogP contribution in [0.2, 0.25) is 0 Å². The van der Waals surface area contributed by atoms with Crippen LogP contribution in [0.3, 0.4) is 0 Å². The van der Waals surface area contributed by atoms with Gasteiger partial charge in [0, 0.05) is 18.3 Å². The number of anilines is 2. The predicted molar refractivity (Wildman–Crippen MR) is 79.3 cm³/mol. The summed E-state index contributed by atoms with van der Waals surface area (Å²) in [5.74, 6) is -0.934. The fourth-order valence-electron chi connectivity index (χ4n) is 3.29. The van der Waals surface area contributed by atoms with Gasteiger partial charge in [0.1, 0.15) is 0 Å². The first-order chi connectivity index (χ1) is 9.70. The van der Waals surface area contributed by atoms with E-state index in [-0.39, 0.29) is 0 Å². The zero-order valence-electron chi connectivity index (χ0n) is 11.8. The lowest BCUT2D eigenvalue weighted by molar-refractivity contribution is -0.112. The summed E-state index contributed by atoms with van der Waals surface area (Å²) in [4.78, 5) is 25.5. The molecule has 0 spiro atoms. The number of benzene rings is 1. The summed E-state index contributed by atoms with van der Waals surface area (Å²) < 4.78 is 0. The van der Waals surface area contributed by atoms with Crippen molar-refractivity contribution in [3.63, 3.8) is 0 Å². The van der Waals surface area contributed by atoms with Gasteiger partial charge in [-0.1, -0.05) is 13.3 Å². The van der Waals surface area contributed by atoms with Gasteiger partial charge in [-0.05, 0) is 43.9 Å². The molecule has 1 aromatic carbocycles. The monoisotopic (exact) mass is 272 g/mol. The summed E-state index contributed by atoms with van der Waals surface area (Å²) in [7, 11) is 0. The van der Waals surface area contributed by atoms with Crippen molar-refractivity contribution in [2.75, 3.05) is 16.8 Å². The number of piperidine rings is 1. The van der Waals surface area contributed by atoms with Gasteiger partial charge < -0.3 is 10.2 Å². The third-order valence-electron chi connectivity index (χ3n) is 4.28. The molecule has 0 aromatic heterocycles. The first-order valence-electron chi connectivity index (χ1n) is 7.47. The molecule has 4 heteroatoms. The van der Waals surface area contributed by atoms with E-state index in [9.17, 15) is 9.59 Å². The van der Waals surface area contributed by atoms with Crippen molar-refractivity contribution in [1.29, 1.82) is 0 Å². The molecule has 0 bridgehead atoms.